The van der Waals surface area contributed by atoms with E-state index in [1.807, 2.05) is 30.3 Å². The number of sulfonamides is 1. The Bertz CT molecular complexity index is 856. The third-order valence-electron chi connectivity index (χ3n) is 3.79. The average Bonchev–Trinajstić information content (AvgIpc) is 2.65. The average molecular weight is 379 g/mol. The first kappa shape index (κ1) is 19.8. The van der Waals surface area contributed by atoms with E-state index < -0.39 is 14.9 Å². The normalized spacial score (nSPS) is 11.5. The molecule has 26 heavy (non-hydrogen) atoms. The highest BCUT2D eigenvalue weighted by Gasteiger charge is 2.29. The smallest absolute Gasteiger partial charge is 0.273 e. The van der Waals surface area contributed by atoms with Crippen LogP contribution >= 0.6 is 0 Å². The molecule has 0 aliphatic carbocycles. The van der Waals surface area contributed by atoms with Gasteiger partial charge in [-0.25, -0.2) is 8.42 Å². The Morgan fingerprint density at radius 3 is 2.46 bits per heavy atom. The molecule has 0 spiro atoms. The molecule has 0 aromatic heterocycles. The van der Waals surface area contributed by atoms with Gasteiger partial charge < -0.3 is 10.5 Å². The van der Waals surface area contributed by atoms with E-state index in [0.29, 0.717) is 13.0 Å². The third-order valence-corrected chi connectivity index (χ3v) is 5.67. The molecule has 0 aliphatic rings. The predicted octanol–water partition coefficient (Wildman–Crippen LogP) is 2.14. The minimum atomic E-state index is -3.93. The lowest BCUT2D eigenvalue weighted by atomic mass is 10.2. The number of hydrogen-bond donors (Lipinski definition) is 1. The van der Waals surface area contributed by atoms with Crippen molar-refractivity contribution in [3.8, 4) is 5.75 Å². The summed E-state index contributed by atoms with van der Waals surface area (Å²) in [4.78, 5) is 10.2. The first-order valence-corrected chi connectivity index (χ1v) is 9.40. The van der Waals surface area contributed by atoms with E-state index in [9.17, 15) is 18.5 Å². The van der Waals surface area contributed by atoms with Gasteiger partial charge in [0, 0.05) is 19.2 Å². The minimum absolute atomic E-state index is 0.0648. The molecule has 0 aliphatic heterocycles. The molecule has 140 valence electrons. The summed E-state index contributed by atoms with van der Waals surface area (Å²) in [5, 5.41) is 10.9. The highest BCUT2D eigenvalue weighted by molar-refractivity contribution is 7.89. The van der Waals surface area contributed by atoms with Gasteiger partial charge in [-0.3, -0.25) is 10.1 Å². The minimum Gasteiger partial charge on any atom is -0.495 e. The summed E-state index contributed by atoms with van der Waals surface area (Å²) in [5.74, 6) is -0.0648. The van der Waals surface area contributed by atoms with Gasteiger partial charge in [-0.2, -0.15) is 4.31 Å². The van der Waals surface area contributed by atoms with Gasteiger partial charge in [0.05, 0.1) is 18.1 Å². The van der Waals surface area contributed by atoms with Crippen LogP contribution in [-0.4, -0.2) is 37.8 Å². The molecule has 2 aromatic rings. The fourth-order valence-electron chi connectivity index (χ4n) is 2.46. The van der Waals surface area contributed by atoms with Crippen LogP contribution in [0.5, 0.6) is 5.75 Å². The number of methoxy groups -OCH3 is 1. The molecule has 2 aromatic carbocycles. The maximum Gasteiger partial charge on any atom is 0.273 e. The van der Waals surface area contributed by atoms with Crippen LogP contribution in [-0.2, 0) is 16.6 Å². The molecule has 2 rings (SSSR count). The van der Waals surface area contributed by atoms with E-state index in [-0.39, 0.29) is 29.4 Å². The SMILES string of the molecule is COc1cc([N+](=O)[O-])ccc1S(=O)(=O)N(CCCN)Cc1ccccc1. The maximum absolute atomic E-state index is 13.1. The van der Waals surface area contributed by atoms with Crippen LogP contribution in [0.2, 0.25) is 0 Å². The van der Waals surface area contributed by atoms with Crippen molar-refractivity contribution in [3.05, 3.63) is 64.2 Å². The van der Waals surface area contributed by atoms with Gasteiger partial charge in [-0.05, 0) is 24.6 Å². The molecule has 0 amide bonds. The van der Waals surface area contributed by atoms with E-state index in [4.69, 9.17) is 10.5 Å². The second-order valence-electron chi connectivity index (χ2n) is 5.56. The molecule has 9 heteroatoms. The molecular formula is C17H21N3O5S. The Morgan fingerprint density at radius 1 is 1.19 bits per heavy atom. The fraction of sp³-hybridized carbons (Fsp3) is 0.294. The summed E-state index contributed by atoms with van der Waals surface area (Å²) < 4.78 is 32.7. The van der Waals surface area contributed by atoms with Gasteiger partial charge in [-0.1, -0.05) is 30.3 Å². The number of ether oxygens (including phenoxy) is 1. The highest BCUT2D eigenvalue weighted by Crippen LogP contribution is 2.31. The predicted molar refractivity (Wildman–Crippen MR) is 97.4 cm³/mol. The highest BCUT2D eigenvalue weighted by atomic mass is 32.2. The Kier molecular flexibility index (Phi) is 6.67. The van der Waals surface area contributed by atoms with Crippen LogP contribution in [0.25, 0.3) is 0 Å². The standard InChI is InChI=1S/C17H21N3O5S/c1-25-16-12-15(20(21)22)8-9-17(16)26(23,24)19(11-5-10-18)13-14-6-3-2-4-7-14/h2-4,6-9,12H,5,10-11,13,18H2,1H3. The van der Waals surface area contributed by atoms with Crippen LogP contribution < -0.4 is 10.5 Å². The van der Waals surface area contributed by atoms with Crippen molar-refractivity contribution < 1.29 is 18.1 Å². The van der Waals surface area contributed by atoms with Crippen LogP contribution in [0.1, 0.15) is 12.0 Å². The quantitative estimate of drug-likeness (QED) is 0.527. The van der Waals surface area contributed by atoms with Crippen LogP contribution in [0.3, 0.4) is 0 Å². The largest absolute Gasteiger partial charge is 0.495 e. The lowest BCUT2D eigenvalue weighted by molar-refractivity contribution is -0.385. The summed E-state index contributed by atoms with van der Waals surface area (Å²) in [6.45, 7) is 0.745. The monoisotopic (exact) mass is 379 g/mol. The van der Waals surface area contributed by atoms with Crippen molar-refractivity contribution in [3.63, 3.8) is 0 Å². The molecule has 0 fully saturated rings. The molecule has 0 saturated carbocycles. The molecule has 0 bridgehead atoms. The first-order valence-electron chi connectivity index (χ1n) is 7.96. The van der Waals surface area contributed by atoms with Crippen molar-refractivity contribution >= 4 is 15.7 Å². The number of nitro benzene ring substituents is 1. The number of non-ortho nitro benzene ring substituents is 1. The molecule has 2 N–H and O–H groups in total. The van der Waals surface area contributed by atoms with Crippen molar-refractivity contribution in [2.24, 2.45) is 5.73 Å². The van der Waals surface area contributed by atoms with E-state index in [0.717, 1.165) is 17.7 Å². The zero-order chi connectivity index (χ0) is 19.2. The Hall–Kier alpha value is -2.49. The summed E-state index contributed by atoms with van der Waals surface area (Å²) in [7, 11) is -2.65. The zero-order valence-corrected chi connectivity index (χ0v) is 15.2. The van der Waals surface area contributed by atoms with Gasteiger partial charge in [0.2, 0.25) is 10.0 Å². The summed E-state index contributed by atoms with van der Waals surface area (Å²) in [5.41, 5.74) is 6.13. The van der Waals surface area contributed by atoms with Crippen molar-refractivity contribution in [1.29, 1.82) is 0 Å². The molecule has 0 atom stereocenters. The van der Waals surface area contributed by atoms with E-state index in [2.05, 4.69) is 0 Å². The van der Waals surface area contributed by atoms with Gasteiger partial charge in [0.15, 0.2) is 0 Å². The maximum atomic E-state index is 13.1. The van der Waals surface area contributed by atoms with E-state index in [1.54, 1.807) is 0 Å². The number of hydrogen-bond acceptors (Lipinski definition) is 6. The van der Waals surface area contributed by atoms with Gasteiger partial charge >= 0.3 is 0 Å². The van der Waals surface area contributed by atoms with E-state index in [1.165, 1.54) is 17.5 Å². The van der Waals surface area contributed by atoms with Crippen molar-refractivity contribution in [1.82, 2.24) is 4.31 Å². The van der Waals surface area contributed by atoms with Gasteiger partial charge in [0.1, 0.15) is 10.6 Å². The van der Waals surface area contributed by atoms with Crippen molar-refractivity contribution in [2.45, 2.75) is 17.9 Å². The lowest BCUT2D eigenvalue weighted by Crippen LogP contribution is -2.33. The summed E-state index contributed by atoms with van der Waals surface area (Å²) >= 11 is 0. The number of benzene rings is 2. The number of nitrogens with two attached hydrogens (primary N) is 1. The number of nitrogens with zero attached hydrogens (tertiary/aromatic N) is 2. The molecule has 0 radical (unpaired) electrons. The Morgan fingerprint density at radius 2 is 1.88 bits per heavy atom. The summed E-state index contributed by atoms with van der Waals surface area (Å²) in [6.07, 6.45) is 0.487. The molecule has 8 nitrogen and oxygen atoms in total. The molecule has 0 saturated heterocycles. The Balaban J connectivity index is 2.43. The second-order valence-corrected chi connectivity index (χ2v) is 7.47. The van der Waals surface area contributed by atoms with Crippen LogP contribution in [0.15, 0.2) is 53.4 Å². The zero-order valence-electron chi connectivity index (χ0n) is 14.4. The van der Waals surface area contributed by atoms with E-state index >= 15 is 0 Å². The van der Waals surface area contributed by atoms with Gasteiger partial charge in [0.25, 0.3) is 5.69 Å². The molecule has 0 heterocycles. The van der Waals surface area contributed by atoms with Crippen LogP contribution in [0, 0.1) is 10.1 Å². The number of rotatable bonds is 9. The fourth-order valence-corrected chi connectivity index (χ4v) is 4.06. The van der Waals surface area contributed by atoms with Gasteiger partial charge in [-0.15, -0.1) is 0 Å². The summed E-state index contributed by atoms with van der Waals surface area (Å²) in [6, 6.07) is 12.6. The number of nitro groups is 1. The lowest BCUT2D eigenvalue weighted by Gasteiger charge is -2.23. The topological polar surface area (TPSA) is 116 Å². The van der Waals surface area contributed by atoms with Crippen LogP contribution in [0.4, 0.5) is 5.69 Å². The first-order chi connectivity index (χ1) is 12.4. The Labute approximate surface area is 152 Å². The third kappa shape index (κ3) is 4.57. The molecular weight excluding hydrogens is 358 g/mol. The molecule has 0 unspecified atom stereocenters. The second kappa shape index (κ2) is 8.75. The van der Waals surface area contributed by atoms with Crippen molar-refractivity contribution in [2.75, 3.05) is 20.2 Å².